The van der Waals surface area contributed by atoms with Gasteiger partial charge in [0, 0.05) is 6.07 Å². The molecule has 21 heavy (non-hydrogen) atoms. The number of benzene rings is 1. The summed E-state index contributed by atoms with van der Waals surface area (Å²) in [5.74, 6) is -1.49. The van der Waals surface area contributed by atoms with E-state index in [1.165, 1.54) is 7.11 Å². The van der Waals surface area contributed by atoms with Gasteiger partial charge in [0.1, 0.15) is 5.75 Å². The Morgan fingerprint density at radius 3 is 2.67 bits per heavy atom. The first kappa shape index (κ1) is 14.7. The van der Waals surface area contributed by atoms with Crippen LogP contribution in [0.5, 0.6) is 5.75 Å². The number of nitrogens with zero attached hydrogens (tertiary/aromatic N) is 2. The molecule has 10 heteroatoms. The molecule has 0 saturated carbocycles. The molecule has 110 valence electrons. The lowest BCUT2D eigenvalue weighted by Crippen LogP contribution is -2.36. The molecule has 1 N–H and O–H groups in total. The molecule has 0 aliphatic carbocycles. The Kier molecular flexibility index (Phi) is 3.76. The van der Waals surface area contributed by atoms with E-state index in [4.69, 9.17) is 16.3 Å². The number of aromatic amines is 1. The number of H-pyrrole nitrogens is 1. The van der Waals surface area contributed by atoms with Gasteiger partial charge < -0.3 is 4.74 Å². The lowest BCUT2D eigenvalue weighted by Gasteiger charge is -2.10. The van der Waals surface area contributed by atoms with Gasteiger partial charge in [0.2, 0.25) is 5.82 Å². The number of hydrogen-bond donors (Lipinski definition) is 1. The zero-order chi connectivity index (χ0) is 15.7. The second-order valence-corrected chi connectivity index (χ2v) is 4.19. The average molecular weight is 316 g/mol. The smallest absolute Gasteiger partial charge is 0.334 e. The van der Waals surface area contributed by atoms with Crippen molar-refractivity contribution < 1.29 is 14.1 Å². The molecule has 0 aliphatic heterocycles. The summed E-state index contributed by atoms with van der Waals surface area (Å²) in [7, 11) is 1.19. The third-order valence-corrected chi connectivity index (χ3v) is 2.88. The Hall–Kier alpha value is -2.68. The van der Waals surface area contributed by atoms with E-state index in [0.717, 1.165) is 18.2 Å². The number of hydrogen-bond acceptors (Lipinski definition) is 5. The van der Waals surface area contributed by atoms with Gasteiger partial charge in [-0.05, 0) is 6.07 Å². The minimum absolute atomic E-state index is 0.140. The third-order valence-electron chi connectivity index (χ3n) is 2.62. The predicted molar refractivity (Wildman–Crippen MR) is 70.8 cm³/mol. The molecule has 0 unspecified atom stereocenters. The molecule has 0 fully saturated rings. The van der Waals surface area contributed by atoms with E-state index in [2.05, 4.69) is 0 Å². The molecule has 2 aromatic rings. The number of non-ortho nitro benzene ring substituents is 1. The summed E-state index contributed by atoms with van der Waals surface area (Å²) in [4.78, 5) is 35.5. The highest BCUT2D eigenvalue weighted by Gasteiger charge is 2.19. The van der Waals surface area contributed by atoms with E-state index in [1.54, 1.807) is 0 Å². The summed E-state index contributed by atoms with van der Waals surface area (Å²) in [5.41, 5.74) is -2.76. The zero-order valence-electron chi connectivity index (χ0n) is 10.4. The van der Waals surface area contributed by atoms with Gasteiger partial charge in [-0.2, -0.15) is 4.39 Å². The Morgan fingerprint density at radius 1 is 1.43 bits per heavy atom. The number of methoxy groups -OCH3 is 1. The zero-order valence-corrected chi connectivity index (χ0v) is 11.2. The number of nitro groups is 1. The average Bonchev–Trinajstić information content (AvgIpc) is 2.45. The maximum Gasteiger partial charge on any atom is 0.334 e. The van der Waals surface area contributed by atoms with Crippen LogP contribution in [0.4, 0.5) is 10.1 Å². The standard InChI is InChI=1S/C11H7ClFN3O5/c1-21-7-4-5(16(19)20)2-3-6(7)15-10(17)8(13)9(12)14-11(15)18/h2-4H,1H3,(H,14,18). The Labute approximate surface area is 120 Å². The van der Waals surface area contributed by atoms with Crippen molar-refractivity contribution in [3.8, 4) is 11.4 Å². The topological polar surface area (TPSA) is 107 Å². The van der Waals surface area contributed by atoms with E-state index in [9.17, 15) is 24.1 Å². The highest BCUT2D eigenvalue weighted by atomic mass is 35.5. The van der Waals surface area contributed by atoms with Gasteiger partial charge in [-0.25, -0.2) is 9.36 Å². The summed E-state index contributed by atoms with van der Waals surface area (Å²) in [6.07, 6.45) is 0. The van der Waals surface area contributed by atoms with Crippen LogP contribution >= 0.6 is 11.6 Å². The molecule has 0 bridgehead atoms. The molecule has 0 radical (unpaired) electrons. The summed E-state index contributed by atoms with van der Waals surface area (Å²) in [5, 5.41) is 9.97. The molecular weight excluding hydrogens is 309 g/mol. The van der Waals surface area contributed by atoms with Crippen LogP contribution in [-0.4, -0.2) is 21.6 Å². The molecule has 0 spiro atoms. The Balaban J connectivity index is 2.80. The fourth-order valence-corrected chi connectivity index (χ4v) is 1.83. The predicted octanol–water partition coefficient (Wildman–Crippen LogP) is 1.24. The monoisotopic (exact) mass is 315 g/mol. The Morgan fingerprint density at radius 2 is 2.10 bits per heavy atom. The number of nitro benzene ring substituents is 1. The minimum atomic E-state index is -1.35. The van der Waals surface area contributed by atoms with Crippen molar-refractivity contribution in [3.63, 3.8) is 0 Å². The van der Waals surface area contributed by atoms with Gasteiger partial charge in [0.25, 0.3) is 11.2 Å². The number of rotatable bonds is 3. The molecule has 1 aromatic carbocycles. The summed E-state index contributed by atoms with van der Waals surface area (Å²) in [6.45, 7) is 0. The molecular formula is C11H7ClFN3O5. The minimum Gasteiger partial charge on any atom is -0.494 e. The van der Waals surface area contributed by atoms with Crippen molar-refractivity contribution in [2.45, 2.75) is 0 Å². The first-order valence-corrected chi connectivity index (χ1v) is 5.77. The third kappa shape index (κ3) is 2.50. The van der Waals surface area contributed by atoms with Crippen LogP contribution < -0.4 is 16.0 Å². The molecule has 1 heterocycles. The van der Waals surface area contributed by atoms with Crippen LogP contribution in [0, 0.1) is 15.9 Å². The van der Waals surface area contributed by atoms with E-state index >= 15 is 0 Å². The van der Waals surface area contributed by atoms with Crippen LogP contribution in [0.15, 0.2) is 27.8 Å². The van der Waals surface area contributed by atoms with Crippen LogP contribution in [-0.2, 0) is 0 Å². The van der Waals surface area contributed by atoms with E-state index < -0.39 is 27.1 Å². The van der Waals surface area contributed by atoms with Crippen molar-refractivity contribution in [1.29, 1.82) is 0 Å². The van der Waals surface area contributed by atoms with Crippen LogP contribution in [0.3, 0.4) is 0 Å². The summed E-state index contributed by atoms with van der Waals surface area (Å²) in [6, 6.07) is 3.16. The van der Waals surface area contributed by atoms with Gasteiger partial charge in [-0.15, -0.1) is 0 Å². The lowest BCUT2D eigenvalue weighted by molar-refractivity contribution is -0.384. The highest BCUT2D eigenvalue weighted by molar-refractivity contribution is 6.29. The number of halogens is 2. The van der Waals surface area contributed by atoms with Crippen LogP contribution in [0.1, 0.15) is 0 Å². The molecule has 2 rings (SSSR count). The molecule has 0 saturated heterocycles. The largest absolute Gasteiger partial charge is 0.494 e. The second kappa shape index (κ2) is 5.37. The van der Waals surface area contributed by atoms with E-state index in [-0.39, 0.29) is 17.1 Å². The Bertz CT molecular complexity index is 845. The van der Waals surface area contributed by atoms with Crippen molar-refractivity contribution >= 4 is 17.3 Å². The second-order valence-electron chi connectivity index (χ2n) is 3.81. The lowest BCUT2D eigenvalue weighted by atomic mass is 10.2. The van der Waals surface area contributed by atoms with Gasteiger partial charge in [0.15, 0.2) is 5.15 Å². The summed E-state index contributed by atoms with van der Waals surface area (Å²) < 4.78 is 18.8. The SMILES string of the molecule is COc1cc([N+](=O)[O-])ccc1-n1c(=O)[nH]c(Cl)c(F)c1=O. The maximum atomic E-state index is 13.5. The highest BCUT2D eigenvalue weighted by Crippen LogP contribution is 2.26. The van der Waals surface area contributed by atoms with E-state index in [0.29, 0.717) is 4.57 Å². The fraction of sp³-hybridized carbons (Fsp3) is 0.0909. The molecule has 0 aliphatic rings. The van der Waals surface area contributed by atoms with Crippen LogP contribution in [0.25, 0.3) is 5.69 Å². The molecule has 0 atom stereocenters. The first-order chi connectivity index (χ1) is 9.86. The normalized spacial score (nSPS) is 10.4. The number of nitrogens with one attached hydrogen (secondary N) is 1. The first-order valence-electron chi connectivity index (χ1n) is 5.40. The van der Waals surface area contributed by atoms with Gasteiger partial charge >= 0.3 is 5.69 Å². The van der Waals surface area contributed by atoms with E-state index in [1.807, 2.05) is 4.98 Å². The maximum absolute atomic E-state index is 13.5. The van der Waals surface area contributed by atoms with Crippen molar-refractivity contribution in [1.82, 2.24) is 9.55 Å². The van der Waals surface area contributed by atoms with Crippen molar-refractivity contribution in [2.75, 3.05) is 7.11 Å². The fourth-order valence-electron chi connectivity index (χ4n) is 1.67. The van der Waals surface area contributed by atoms with Gasteiger partial charge in [-0.1, -0.05) is 11.6 Å². The summed E-state index contributed by atoms with van der Waals surface area (Å²) >= 11 is 5.35. The number of ether oxygens (including phenoxy) is 1. The molecule has 1 aromatic heterocycles. The van der Waals surface area contributed by atoms with Crippen molar-refractivity contribution in [3.05, 3.63) is 60.1 Å². The number of aromatic nitrogens is 2. The molecule has 8 nitrogen and oxygen atoms in total. The van der Waals surface area contributed by atoms with Gasteiger partial charge in [0.05, 0.1) is 23.8 Å². The molecule has 0 amide bonds. The quantitative estimate of drug-likeness (QED) is 0.521. The van der Waals surface area contributed by atoms with Crippen LogP contribution in [0.2, 0.25) is 5.15 Å². The van der Waals surface area contributed by atoms with Gasteiger partial charge in [-0.3, -0.25) is 19.9 Å². The van der Waals surface area contributed by atoms with Crippen molar-refractivity contribution in [2.24, 2.45) is 0 Å².